The SMILES string of the molecule is CCOC(=O)[C@@H]1C[C@H](F)CN1Cc1noc(Cc2ccccc2)n1. The van der Waals surface area contributed by atoms with E-state index in [2.05, 4.69) is 10.1 Å². The Kier molecular flexibility index (Phi) is 5.20. The van der Waals surface area contributed by atoms with Crippen LogP contribution in [0.15, 0.2) is 34.9 Å². The summed E-state index contributed by atoms with van der Waals surface area (Å²) in [5, 5.41) is 3.94. The molecule has 24 heavy (non-hydrogen) atoms. The number of benzene rings is 1. The highest BCUT2D eigenvalue weighted by Crippen LogP contribution is 2.23. The van der Waals surface area contributed by atoms with Gasteiger partial charge in [-0.25, -0.2) is 4.39 Å². The number of alkyl halides is 1. The van der Waals surface area contributed by atoms with Crippen molar-refractivity contribution in [2.45, 2.75) is 38.5 Å². The monoisotopic (exact) mass is 333 g/mol. The van der Waals surface area contributed by atoms with Crippen molar-refractivity contribution in [2.75, 3.05) is 13.2 Å². The van der Waals surface area contributed by atoms with Crippen LogP contribution in [0.3, 0.4) is 0 Å². The summed E-state index contributed by atoms with van der Waals surface area (Å²) < 4.78 is 24.0. The molecule has 2 atom stereocenters. The van der Waals surface area contributed by atoms with Crippen molar-refractivity contribution in [3.63, 3.8) is 0 Å². The largest absolute Gasteiger partial charge is 0.465 e. The zero-order valence-electron chi connectivity index (χ0n) is 13.5. The highest BCUT2D eigenvalue weighted by atomic mass is 19.1. The molecule has 1 aromatic carbocycles. The molecule has 6 nitrogen and oxygen atoms in total. The van der Waals surface area contributed by atoms with E-state index in [-0.39, 0.29) is 26.1 Å². The Hall–Kier alpha value is -2.28. The zero-order valence-corrected chi connectivity index (χ0v) is 13.5. The van der Waals surface area contributed by atoms with Crippen molar-refractivity contribution in [3.05, 3.63) is 47.6 Å². The average Bonchev–Trinajstić information content (AvgIpc) is 3.15. The van der Waals surface area contributed by atoms with Gasteiger partial charge in [-0.05, 0) is 12.5 Å². The molecule has 1 aliphatic heterocycles. The molecule has 1 fully saturated rings. The Balaban J connectivity index is 1.64. The van der Waals surface area contributed by atoms with Gasteiger partial charge < -0.3 is 9.26 Å². The van der Waals surface area contributed by atoms with Gasteiger partial charge in [0.05, 0.1) is 19.6 Å². The summed E-state index contributed by atoms with van der Waals surface area (Å²) in [5.74, 6) is 0.551. The topological polar surface area (TPSA) is 68.5 Å². The number of ether oxygens (including phenoxy) is 1. The lowest BCUT2D eigenvalue weighted by Gasteiger charge is -2.20. The minimum absolute atomic E-state index is 0.146. The number of carbonyl (C=O) groups excluding carboxylic acids is 1. The molecule has 7 heteroatoms. The molecule has 3 rings (SSSR count). The minimum atomic E-state index is -1.05. The maximum absolute atomic E-state index is 13.7. The van der Waals surface area contributed by atoms with E-state index < -0.39 is 18.2 Å². The molecule has 1 saturated heterocycles. The lowest BCUT2D eigenvalue weighted by atomic mass is 10.1. The number of hydrogen-bond acceptors (Lipinski definition) is 6. The van der Waals surface area contributed by atoms with Gasteiger partial charge in [-0.1, -0.05) is 35.5 Å². The Labute approximate surface area is 139 Å². The fourth-order valence-corrected chi connectivity index (χ4v) is 2.88. The van der Waals surface area contributed by atoms with Crippen molar-refractivity contribution in [2.24, 2.45) is 0 Å². The first kappa shape index (κ1) is 16.6. The van der Waals surface area contributed by atoms with Crippen LogP contribution >= 0.6 is 0 Å². The van der Waals surface area contributed by atoms with Gasteiger partial charge >= 0.3 is 5.97 Å². The van der Waals surface area contributed by atoms with Gasteiger partial charge in [0.15, 0.2) is 5.82 Å². The Morgan fingerprint density at radius 2 is 2.21 bits per heavy atom. The number of halogens is 1. The van der Waals surface area contributed by atoms with E-state index in [0.29, 0.717) is 18.1 Å². The minimum Gasteiger partial charge on any atom is -0.465 e. The quantitative estimate of drug-likeness (QED) is 0.755. The number of carbonyl (C=O) groups is 1. The third kappa shape index (κ3) is 3.97. The predicted molar refractivity (Wildman–Crippen MR) is 83.9 cm³/mol. The van der Waals surface area contributed by atoms with E-state index in [0.717, 1.165) is 5.56 Å². The first-order valence-corrected chi connectivity index (χ1v) is 8.06. The van der Waals surface area contributed by atoms with Crippen molar-refractivity contribution < 1.29 is 18.4 Å². The molecule has 0 radical (unpaired) electrons. The van der Waals surface area contributed by atoms with Crippen LogP contribution in [-0.2, 0) is 22.5 Å². The Morgan fingerprint density at radius 1 is 1.42 bits per heavy atom. The first-order chi connectivity index (χ1) is 11.7. The van der Waals surface area contributed by atoms with E-state index >= 15 is 0 Å². The van der Waals surface area contributed by atoms with Gasteiger partial charge in [0.25, 0.3) is 0 Å². The van der Waals surface area contributed by atoms with E-state index in [1.165, 1.54) is 0 Å². The maximum atomic E-state index is 13.7. The molecule has 1 aromatic heterocycles. The standard InChI is InChI=1S/C17H20FN3O3/c1-2-23-17(22)14-9-13(18)10-21(14)11-15-19-16(24-20-15)8-12-6-4-3-5-7-12/h3-7,13-14H,2,8-11H2,1H3/t13-,14-/m0/s1. The van der Waals surface area contributed by atoms with E-state index in [4.69, 9.17) is 9.26 Å². The Bertz CT molecular complexity index is 677. The number of likely N-dealkylation sites (tertiary alicyclic amines) is 1. The second-order valence-electron chi connectivity index (χ2n) is 5.80. The van der Waals surface area contributed by atoms with E-state index in [1.54, 1.807) is 11.8 Å². The molecule has 0 unspecified atom stereocenters. The fraction of sp³-hybridized carbons (Fsp3) is 0.471. The van der Waals surface area contributed by atoms with Crippen molar-refractivity contribution in [3.8, 4) is 0 Å². The van der Waals surface area contributed by atoms with Crippen LogP contribution in [-0.4, -0.2) is 46.4 Å². The summed E-state index contributed by atoms with van der Waals surface area (Å²) >= 11 is 0. The summed E-state index contributed by atoms with van der Waals surface area (Å²) in [6, 6.07) is 9.21. The van der Waals surface area contributed by atoms with Crippen molar-refractivity contribution in [1.29, 1.82) is 0 Å². The smallest absolute Gasteiger partial charge is 0.323 e. The fourth-order valence-electron chi connectivity index (χ4n) is 2.88. The van der Waals surface area contributed by atoms with Crippen LogP contribution in [0.5, 0.6) is 0 Å². The Morgan fingerprint density at radius 3 is 2.96 bits per heavy atom. The number of hydrogen-bond donors (Lipinski definition) is 0. The van der Waals surface area contributed by atoms with Crippen molar-refractivity contribution >= 4 is 5.97 Å². The van der Waals surface area contributed by atoms with Crippen LogP contribution in [0.4, 0.5) is 4.39 Å². The van der Waals surface area contributed by atoms with E-state index in [1.807, 2.05) is 30.3 Å². The molecular formula is C17H20FN3O3. The number of nitrogens with zero attached hydrogens (tertiary/aromatic N) is 3. The molecular weight excluding hydrogens is 313 g/mol. The molecule has 2 heterocycles. The van der Waals surface area contributed by atoms with Crippen LogP contribution < -0.4 is 0 Å². The number of esters is 1. The van der Waals surface area contributed by atoms with Gasteiger partial charge in [-0.2, -0.15) is 4.98 Å². The molecule has 0 spiro atoms. The molecule has 0 aliphatic carbocycles. The molecule has 2 aromatic rings. The lowest BCUT2D eigenvalue weighted by Crippen LogP contribution is -2.37. The normalized spacial score (nSPS) is 21.1. The second kappa shape index (κ2) is 7.53. The van der Waals surface area contributed by atoms with Gasteiger partial charge in [0.1, 0.15) is 12.2 Å². The highest BCUT2D eigenvalue weighted by Gasteiger charge is 2.38. The third-order valence-electron chi connectivity index (χ3n) is 3.96. The van der Waals surface area contributed by atoms with Gasteiger partial charge in [0.2, 0.25) is 5.89 Å². The summed E-state index contributed by atoms with van der Waals surface area (Å²) in [6.45, 7) is 2.46. The number of rotatable bonds is 6. The number of aromatic nitrogens is 2. The summed E-state index contributed by atoms with van der Waals surface area (Å²) in [5.41, 5.74) is 1.07. The predicted octanol–water partition coefficient (Wildman–Crippen LogP) is 2.14. The van der Waals surface area contributed by atoms with Gasteiger partial charge in [-0.15, -0.1) is 0 Å². The van der Waals surface area contributed by atoms with Gasteiger partial charge in [0, 0.05) is 13.0 Å². The lowest BCUT2D eigenvalue weighted by molar-refractivity contribution is -0.148. The zero-order chi connectivity index (χ0) is 16.9. The average molecular weight is 333 g/mol. The van der Waals surface area contributed by atoms with Crippen LogP contribution in [0.25, 0.3) is 0 Å². The van der Waals surface area contributed by atoms with Crippen LogP contribution in [0.2, 0.25) is 0 Å². The summed E-state index contributed by atoms with van der Waals surface area (Å²) in [7, 11) is 0. The summed E-state index contributed by atoms with van der Waals surface area (Å²) in [6.07, 6.45) is -0.357. The van der Waals surface area contributed by atoms with Crippen LogP contribution in [0, 0.1) is 0 Å². The molecule has 128 valence electrons. The second-order valence-corrected chi connectivity index (χ2v) is 5.80. The van der Waals surface area contributed by atoms with E-state index in [9.17, 15) is 9.18 Å². The van der Waals surface area contributed by atoms with Crippen LogP contribution in [0.1, 0.15) is 30.6 Å². The molecule has 0 saturated carbocycles. The molecule has 1 aliphatic rings. The summed E-state index contributed by atoms with van der Waals surface area (Å²) in [4.78, 5) is 18.0. The highest BCUT2D eigenvalue weighted by molar-refractivity contribution is 5.76. The molecule has 0 bridgehead atoms. The van der Waals surface area contributed by atoms with Crippen molar-refractivity contribution in [1.82, 2.24) is 15.0 Å². The first-order valence-electron chi connectivity index (χ1n) is 8.06. The van der Waals surface area contributed by atoms with Gasteiger partial charge in [-0.3, -0.25) is 9.69 Å². The third-order valence-corrected chi connectivity index (χ3v) is 3.96. The maximum Gasteiger partial charge on any atom is 0.323 e. The molecule has 0 amide bonds. The molecule has 0 N–H and O–H groups in total.